The number of hydrogen-bond acceptors (Lipinski definition) is 5. The molecule has 0 aromatic heterocycles. The second-order valence-electron chi connectivity index (χ2n) is 5.19. The molecule has 0 radical (unpaired) electrons. The molecule has 1 atom stereocenters. The summed E-state index contributed by atoms with van der Waals surface area (Å²) in [7, 11) is 0. The number of ketones is 1. The maximum absolute atomic E-state index is 12.3. The predicted molar refractivity (Wildman–Crippen MR) is 88.1 cm³/mol. The third-order valence-electron chi connectivity index (χ3n) is 3.27. The standard InChI is InChI=1S/C18H17NO5/c1-11(24-18(23)15-5-3-4-6-16(15)21)17(22)13-7-9-14(10-8-13)19-12(2)20/h3-11,21H,1-2H3,(H,19,20)/t11-/m1/s1. The van der Waals surface area contributed by atoms with Gasteiger partial charge in [-0.25, -0.2) is 4.79 Å². The Balaban J connectivity index is 2.05. The Kier molecular flexibility index (Phi) is 5.31. The number of anilines is 1. The molecule has 0 heterocycles. The third kappa shape index (κ3) is 4.19. The second kappa shape index (κ2) is 7.41. The van der Waals surface area contributed by atoms with E-state index in [1.165, 1.54) is 38.1 Å². The van der Waals surface area contributed by atoms with Crippen molar-refractivity contribution in [3.8, 4) is 5.75 Å². The summed E-state index contributed by atoms with van der Waals surface area (Å²) in [6, 6.07) is 12.2. The topological polar surface area (TPSA) is 92.7 Å². The van der Waals surface area contributed by atoms with E-state index in [9.17, 15) is 19.5 Å². The monoisotopic (exact) mass is 327 g/mol. The molecule has 24 heavy (non-hydrogen) atoms. The molecule has 2 N–H and O–H groups in total. The molecule has 0 saturated heterocycles. The van der Waals surface area contributed by atoms with E-state index in [2.05, 4.69) is 5.32 Å². The molecule has 0 unspecified atom stereocenters. The number of phenolic OH excluding ortho intramolecular Hbond substituents is 1. The first-order valence-corrected chi connectivity index (χ1v) is 7.29. The number of hydrogen-bond donors (Lipinski definition) is 2. The maximum Gasteiger partial charge on any atom is 0.342 e. The molecule has 2 rings (SSSR count). The zero-order chi connectivity index (χ0) is 17.7. The Bertz CT molecular complexity index is 767. The number of phenols is 1. The first-order valence-electron chi connectivity index (χ1n) is 7.29. The number of rotatable bonds is 5. The fraction of sp³-hybridized carbons (Fsp3) is 0.167. The van der Waals surface area contributed by atoms with E-state index in [1.807, 2.05) is 0 Å². The summed E-state index contributed by atoms with van der Waals surface area (Å²) in [5.41, 5.74) is 0.915. The molecule has 0 aliphatic heterocycles. The number of esters is 1. The van der Waals surface area contributed by atoms with Gasteiger partial charge in [0, 0.05) is 18.2 Å². The van der Waals surface area contributed by atoms with Crippen LogP contribution in [0.4, 0.5) is 5.69 Å². The van der Waals surface area contributed by atoms with Gasteiger partial charge in [0.25, 0.3) is 0 Å². The van der Waals surface area contributed by atoms with E-state index in [0.717, 1.165) is 0 Å². The van der Waals surface area contributed by atoms with Crippen molar-refractivity contribution in [3.05, 3.63) is 59.7 Å². The summed E-state index contributed by atoms with van der Waals surface area (Å²) in [5.74, 6) is -1.57. The summed E-state index contributed by atoms with van der Waals surface area (Å²) in [5, 5.41) is 12.2. The number of nitrogens with one attached hydrogen (secondary N) is 1. The Morgan fingerprint density at radius 2 is 1.67 bits per heavy atom. The lowest BCUT2D eigenvalue weighted by Gasteiger charge is -2.13. The van der Waals surface area contributed by atoms with Crippen LogP contribution in [0.2, 0.25) is 0 Å². The van der Waals surface area contributed by atoms with Crippen molar-refractivity contribution in [1.82, 2.24) is 0 Å². The van der Waals surface area contributed by atoms with Crippen LogP contribution >= 0.6 is 0 Å². The van der Waals surface area contributed by atoms with Crippen molar-refractivity contribution < 1.29 is 24.2 Å². The highest BCUT2D eigenvalue weighted by Gasteiger charge is 2.21. The van der Waals surface area contributed by atoms with Crippen LogP contribution in [0.25, 0.3) is 0 Å². The Morgan fingerprint density at radius 3 is 2.25 bits per heavy atom. The average Bonchev–Trinajstić information content (AvgIpc) is 2.54. The molecule has 2 aromatic carbocycles. The van der Waals surface area contributed by atoms with Crippen LogP contribution in [0, 0.1) is 0 Å². The van der Waals surface area contributed by atoms with Gasteiger partial charge in [0.1, 0.15) is 11.3 Å². The van der Waals surface area contributed by atoms with Gasteiger partial charge in [0.15, 0.2) is 6.10 Å². The zero-order valence-electron chi connectivity index (χ0n) is 13.3. The molecule has 0 fully saturated rings. The zero-order valence-corrected chi connectivity index (χ0v) is 13.3. The van der Waals surface area contributed by atoms with Crippen LogP contribution in [0.3, 0.4) is 0 Å². The van der Waals surface area contributed by atoms with Crippen molar-refractivity contribution >= 4 is 23.3 Å². The van der Waals surface area contributed by atoms with Crippen LogP contribution in [-0.4, -0.2) is 28.9 Å². The van der Waals surface area contributed by atoms with Gasteiger partial charge in [0.05, 0.1) is 0 Å². The van der Waals surface area contributed by atoms with Gasteiger partial charge >= 0.3 is 5.97 Å². The Labute approximate surface area is 139 Å². The van der Waals surface area contributed by atoms with Crippen molar-refractivity contribution in [1.29, 1.82) is 0 Å². The molecule has 2 aromatic rings. The van der Waals surface area contributed by atoms with Gasteiger partial charge < -0.3 is 15.2 Å². The van der Waals surface area contributed by atoms with Crippen molar-refractivity contribution in [2.45, 2.75) is 20.0 Å². The predicted octanol–water partition coefficient (Wildman–Crippen LogP) is 2.78. The number of aromatic hydroxyl groups is 1. The number of ether oxygens (including phenoxy) is 1. The minimum absolute atomic E-state index is 0.00171. The van der Waals surface area contributed by atoms with Crippen molar-refractivity contribution in [2.75, 3.05) is 5.32 Å². The summed E-state index contributed by atoms with van der Waals surface area (Å²) < 4.78 is 5.11. The Hall–Kier alpha value is -3.15. The molecule has 0 aliphatic rings. The van der Waals surface area contributed by atoms with E-state index in [0.29, 0.717) is 11.3 Å². The summed E-state index contributed by atoms with van der Waals surface area (Å²) >= 11 is 0. The molecule has 6 heteroatoms. The highest BCUT2D eigenvalue weighted by atomic mass is 16.5. The number of para-hydroxylation sites is 1. The summed E-state index contributed by atoms with van der Waals surface area (Å²) in [6.07, 6.45) is -1.01. The lowest BCUT2D eigenvalue weighted by molar-refractivity contribution is -0.114. The highest BCUT2D eigenvalue weighted by Crippen LogP contribution is 2.18. The summed E-state index contributed by atoms with van der Waals surface area (Å²) in [6.45, 7) is 2.85. The molecular formula is C18H17NO5. The number of carbonyl (C=O) groups is 3. The van der Waals surface area contributed by atoms with Crippen LogP contribution in [0.15, 0.2) is 48.5 Å². The summed E-state index contributed by atoms with van der Waals surface area (Å²) in [4.78, 5) is 35.3. The molecule has 0 bridgehead atoms. The van der Waals surface area contributed by atoms with Gasteiger partial charge in [-0.1, -0.05) is 12.1 Å². The lowest BCUT2D eigenvalue weighted by Crippen LogP contribution is -2.24. The number of amides is 1. The average molecular weight is 327 g/mol. The van der Waals surface area contributed by atoms with Crippen LogP contribution in [0.5, 0.6) is 5.75 Å². The van der Waals surface area contributed by atoms with E-state index in [4.69, 9.17) is 4.74 Å². The van der Waals surface area contributed by atoms with Crippen molar-refractivity contribution in [3.63, 3.8) is 0 Å². The second-order valence-corrected chi connectivity index (χ2v) is 5.19. The van der Waals surface area contributed by atoms with Crippen LogP contribution < -0.4 is 5.32 Å². The van der Waals surface area contributed by atoms with E-state index in [-0.39, 0.29) is 23.0 Å². The fourth-order valence-electron chi connectivity index (χ4n) is 2.08. The lowest BCUT2D eigenvalue weighted by atomic mass is 10.1. The smallest absolute Gasteiger partial charge is 0.342 e. The minimum Gasteiger partial charge on any atom is -0.507 e. The fourth-order valence-corrected chi connectivity index (χ4v) is 2.08. The first-order chi connectivity index (χ1) is 11.4. The normalized spacial score (nSPS) is 11.4. The Morgan fingerprint density at radius 1 is 1.04 bits per heavy atom. The van der Waals surface area contributed by atoms with Crippen LogP contribution in [0.1, 0.15) is 34.6 Å². The van der Waals surface area contributed by atoms with Gasteiger partial charge in [-0.3, -0.25) is 9.59 Å². The molecule has 124 valence electrons. The van der Waals surface area contributed by atoms with Gasteiger partial charge in [-0.2, -0.15) is 0 Å². The van der Waals surface area contributed by atoms with E-state index < -0.39 is 12.1 Å². The van der Waals surface area contributed by atoms with Gasteiger partial charge in [-0.05, 0) is 43.3 Å². The molecule has 6 nitrogen and oxygen atoms in total. The quantitative estimate of drug-likeness (QED) is 0.651. The minimum atomic E-state index is -1.01. The van der Waals surface area contributed by atoms with Gasteiger partial charge in [0.2, 0.25) is 11.7 Å². The van der Waals surface area contributed by atoms with E-state index >= 15 is 0 Å². The third-order valence-corrected chi connectivity index (χ3v) is 3.27. The molecule has 0 spiro atoms. The first kappa shape index (κ1) is 17.2. The number of Topliss-reactive ketones (excluding diaryl/α,β-unsaturated/α-hetero) is 1. The highest BCUT2D eigenvalue weighted by molar-refractivity contribution is 6.02. The molecular weight excluding hydrogens is 310 g/mol. The maximum atomic E-state index is 12.3. The largest absolute Gasteiger partial charge is 0.507 e. The van der Waals surface area contributed by atoms with Crippen molar-refractivity contribution in [2.24, 2.45) is 0 Å². The SMILES string of the molecule is CC(=O)Nc1ccc(C(=O)[C@@H](C)OC(=O)c2ccccc2O)cc1. The number of benzene rings is 2. The number of carbonyl (C=O) groups excluding carboxylic acids is 3. The molecule has 1 amide bonds. The molecule has 0 saturated carbocycles. The van der Waals surface area contributed by atoms with Gasteiger partial charge in [-0.15, -0.1) is 0 Å². The van der Waals surface area contributed by atoms with E-state index in [1.54, 1.807) is 24.3 Å². The van der Waals surface area contributed by atoms with Crippen LogP contribution in [-0.2, 0) is 9.53 Å². The molecule has 0 aliphatic carbocycles.